The van der Waals surface area contributed by atoms with E-state index in [2.05, 4.69) is 11.8 Å². The Labute approximate surface area is 55.0 Å². The lowest BCUT2D eigenvalue weighted by Gasteiger charge is -1.87. The Balaban J connectivity index is 2.90. The lowest BCUT2D eigenvalue weighted by molar-refractivity contribution is 0.182. The molecule has 46 valence electrons. The third-order valence-electron chi connectivity index (χ3n) is 0.570. The second-order valence-electron chi connectivity index (χ2n) is 1.12. The van der Waals surface area contributed by atoms with Crippen LogP contribution in [0.15, 0.2) is 0 Å². The van der Waals surface area contributed by atoms with Gasteiger partial charge in [-0.3, -0.25) is 0 Å². The summed E-state index contributed by atoms with van der Waals surface area (Å²) in [7, 11) is 0. The first-order valence-corrected chi connectivity index (χ1v) is 3.04. The molecule has 0 saturated heterocycles. The molecule has 0 aromatic rings. The van der Waals surface area contributed by atoms with Crippen LogP contribution in [-0.2, 0) is 4.74 Å². The minimum Gasteiger partial charge on any atom is -0.369 e. The van der Waals surface area contributed by atoms with Crippen molar-refractivity contribution in [1.29, 1.82) is 0 Å². The molecule has 0 radical (unpaired) electrons. The first-order chi connectivity index (χ1) is 3.91. The van der Waals surface area contributed by atoms with Gasteiger partial charge in [0.05, 0.1) is 5.88 Å². The number of halogens is 1. The number of hydrogen-bond acceptors (Lipinski definition) is 1. The van der Waals surface area contributed by atoms with Crippen molar-refractivity contribution in [2.24, 2.45) is 0 Å². The van der Waals surface area contributed by atoms with Crippen LogP contribution in [-0.4, -0.2) is 19.1 Å². The predicted octanol–water partition coefficient (Wildman–Crippen LogP) is 1.27. The summed E-state index contributed by atoms with van der Waals surface area (Å²) in [4.78, 5) is 0. The van der Waals surface area contributed by atoms with E-state index in [4.69, 9.17) is 16.3 Å². The maximum Gasteiger partial charge on any atom is 0.107 e. The smallest absolute Gasteiger partial charge is 0.107 e. The summed E-state index contributed by atoms with van der Waals surface area (Å²) >= 11 is 5.25. The Morgan fingerprint density at radius 2 is 2.25 bits per heavy atom. The van der Waals surface area contributed by atoms with E-state index in [0.717, 1.165) is 6.61 Å². The zero-order chi connectivity index (χ0) is 6.24. The van der Waals surface area contributed by atoms with E-state index in [1.807, 2.05) is 6.92 Å². The van der Waals surface area contributed by atoms with Crippen LogP contribution in [0.1, 0.15) is 6.92 Å². The number of ether oxygens (including phenoxy) is 1. The Morgan fingerprint density at radius 1 is 1.50 bits per heavy atom. The second-order valence-corrected chi connectivity index (χ2v) is 1.39. The minimum atomic E-state index is 0.396. The summed E-state index contributed by atoms with van der Waals surface area (Å²) in [6.45, 7) is 3.16. The summed E-state index contributed by atoms with van der Waals surface area (Å²) < 4.78 is 4.90. The summed E-state index contributed by atoms with van der Waals surface area (Å²) in [5.74, 6) is 5.80. The molecule has 0 bridgehead atoms. The number of alkyl halides is 1. The lowest BCUT2D eigenvalue weighted by atomic mass is 10.6. The maximum absolute atomic E-state index is 5.25. The molecule has 0 unspecified atom stereocenters. The van der Waals surface area contributed by atoms with Crippen LogP contribution >= 0.6 is 11.6 Å². The van der Waals surface area contributed by atoms with Gasteiger partial charge in [-0.2, -0.15) is 0 Å². The van der Waals surface area contributed by atoms with Gasteiger partial charge in [-0.25, -0.2) is 0 Å². The third-order valence-corrected chi connectivity index (χ3v) is 0.704. The van der Waals surface area contributed by atoms with Gasteiger partial charge in [0, 0.05) is 6.61 Å². The average molecular weight is 133 g/mol. The van der Waals surface area contributed by atoms with Crippen molar-refractivity contribution in [2.75, 3.05) is 19.1 Å². The van der Waals surface area contributed by atoms with E-state index < -0.39 is 0 Å². The summed E-state index contributed by atoms with van der Waals surface area (Å²) in [5.41, 5.74) is 0. The molecule has 0 fully saturated rings. The summed E-state index contributed by atoms with van der Waals surface area (Å²) in [6.07, 6.45) is 0. The molecule has 0 heterocycles. The molecule has 0 aliphatic carbocycles. The average Bonchev–Trinajstić information content (AvgIpc) is 1.81. The van der Waals surface area contributed by atoms with Gasteiger partial charge in [0.2, 0.25) is 0 Å². The van der Waals surface area contributed by atoms with Crippen molar-refractivity contribution in [3.05, 3.63) is 0 Å². The molecule has 0 aliphatic rings. The highest BCUT2D eigenvalue weighted by Gasteiger charge is 1.71. The van der Waals surface area contributed by atoms with Gasteiger partial charge in [-0.05, 0) is 6.92 Å². The first-order valence-electron chi connectivity index (χ1n) is 2.51. The van der Waals surface area contributed by atoms with Gasteiger partial charge < -0.3 is 4.74 Å². The molecule has 0 aliphatic heterocycles. The highest BCUT2D eigenvalue weighted by molar-refractivity contribution is 6.19. The molecule has 0 aromatic carbocycles. The minimum absolute atomic E-state index is 0.396. The molecule has 0 rings (SSSR count). The molecule has 0 amide bonds. The van der Waals surface area contributed by atoms with Crippen molar-refractivity contribution in [2.45, 2.75) is 6.92 Å². The zero-order valence-corrected chi connectivity index (χ0v) is 5.66. The number of hydrogen-bond donors (Lipinski definition) is 0. The standard InChI is InChI=1S/C6H9ClO/c1-2-8-6-4-3-5-7/h2,5-6H2,1H3. The highest BCUT2D eigenvalue weighted by atomic mass is 35.5. The van der Waals surface area contributed by atoms with Crippen molar-refractivity contribution < 1.29 is 4.74 Å². The molecule has 0 aromatic heterocycles. The van der Waals surface area contributed by atoms with Gasteiger partial charge >= 0.3 is 0 Å². The molecule has 0 spiro atoms. The lowest BCUT2D eigenvalue weighted by Crippen LogP contribution is -1.88. The SMILES string of the molecule is CCOCC#CCCl. The topological polar surface area (TPSA) is 9.23 Å². The zero-order valence-electron chi connectivity index (χ0n) is 4.91. The Kier molecular flexibility index (Phi) is 6.65. The van der Waals surface area contributed by atoms with Crippen LogP contribution in [0.5, 0.6) is 0 Å². The summed E-state index contributed by atoms with van der Waals surface area (Å²) in [6, 6.07) is 0. The molecule has 0 atom stereocenters. The molecule has 0 saturated carbocycles. The van der Waals surface area contributed by atoms with Crippen molar-refractivity contribution in [1.82, 2.24) is 0 Å². The van der Waals surface area contributed by atoms with Crippen LogP contribution in [0.25, 0.3) is 0 Å². The van der Waals surface area contributed by atoms with Crippen molar-refractivity contribution in [3.63, 3.8) is 0 Å². The van der Waals surface area contributed by atoms with E-state index in [-0.39, 0.29) is 0 Å². The molecular weight excluding hydrogens is 124 g/mol. The fourth-order valence-corrected chi connectivity index (χ4v) is 0.346. The number of rotatable bonds is 2. The molecular formula is C6H9ClO. The summed E-state index contributed by atoms with van der Waals surface area (Å²) in [5, 5.41) is 0. The van der Waals surface area contributed by atoms with Crippen LogP contribution in [0.4, 0.5) is 0 Å². The van der Waals surface area contributed by atoms with Crippen LogP contribution < -0.4 is 0 Å². The first kappa shape index (κ1) is 7.81. The predicted molar refractivity (Wildman–Crippen MR) is 35.0 cm³/mol. The van der Waals surface area contributed by atoms with E-state index in [1.165, 1.54) is 0 Å². The largest absolute Gasteiger partial charge is 0.369 e. The molecule has 8 heavy (non-hydrogen) atoms. The Morgan fingerprint density at radius 3 is 2.75 bits per heavy atom. The van der Waals surface area contributed by atoms with E-state index in [1.54, 1.807) is 0 Å². The van der Waals surface area contributed by atoms with Gasteiger partial charge in [-0.1, -0.05) is 11.8 Å². The van der Waals surface area contributed by atoms with Crippen LogP contribution in [0.2, 0.25) is 0 Å². The molecule has 0 N–H and O–H groups in total. The van der Waals surface area contributed by atoms with E-state index in [9.17, 15) is 0 Å². The Bertz CT molecular complexity index is 90.4. The molecule has 2 heteroatoms. The highest BCUT2D eigenvalue weighted by Crippen LogP contribution is 1.70. The molecule has 1 nitrogen and oxygen atoms in total. The van der Waals surface area contributed by atoms with E-state index in [0.29, 0.717) is 12.5 Å². The fourth-order valence-electron chi connectivity index (χ4n) is 0.251. The van der Waals surface area contributed by atoms with Gasteiger partial charge in [0.1, 0.15) is 6.61 Å². The fraction of sp³-hybridized carbons (Fsp3) is 0.667. The van der Waals surface area contributed by atoms with Gasteiger partial charge in [0.25, 0.3) is 0 Å². The monoisotopic (exact) mass is 132 g/mol. The quantitative estimate of drug-likeness (QED) is 0.312. The maximum atomic E-state index is 5.25. The third kappa shape index (κ3) is 5.81. The normalized spacial score (nSPS) is 7.75. The van der Waals surface area contributed by atoms with Crippen LogP contribution in [0, 0.1) is 11.8 Å². The van der Waals surface area contributed by atoms with Crippen molar-refractivity contribution >= 4 is 11.6 Å². The Hall–Kier alpha value is -0.190. The van der Waals surface area contributed by atoms with E-state index >= 15 is 0 Å². The van der Waals surface area contributed by atoms with Gasteiger partial charge in [0.15, 0.2) is 0 Å². The second kappa shape index (κ2) is 6.81. The van der Waals surface area contributed by atoms with Crippen molar-refractivity contribution in [3.8, 4) is 11.8 Å². The van der Waals surface area contributed by atoms with Gasteiger partial charge in [-0.15, -0.1) is 11.6 Å². The van der Waals surface area contributed by atoms with Crippen LogP contribution in [0.3, 0.4) is 0 Å².